The van der Waals surface area contributed by atoms with E-state index < -0.39 is 0 Å². The van der Waals surface area contributed by atoms with Gasteiger partial charge < -0.3 is 4.74 Å². The number of halogens is 1. The number of ether oxygens (including phenoxy) is 1. The van der Waals surface area contributed by atoms with E-state index in [0.717, 1.165) is 25.2 Å². The second kappa shape index (κ2) is 7.72. The average molecular weight is 285 g/mol. The van der Waals surface area contributed by atoms with Gasteiger partial charge in [-0.05, 0) is 43.4 Å². The Balaban J connectivity index is 2.38. The first-order valence-electron chi connectivity index (χ1n) is 6.12. The maximum absolute atomic E-state index is 5.55. The first-order chi connectivity index (χ1) is 7.76. The molecule has 0 bridgehead atoms. The highest BCUT2D eigenvalue weighted by Crippen LogP contribution is 2.17. The molecule has 1 atom stereocenters. The molecular weight excluding hydrogens is 264 g/mol. The number of hydrogen-bond acceptors (Lipinski definition) is 1. The van der Waals surface area contributed by atoms with Crippen molar-refractivity contribution in [1.82, 2.24) is 0 Å². The molecule has 0 fully saturated rings. The van der Waals surface area contributed by atoms with Crippen LogP contribution in [0.1, 0.15) is 38.7 Å². The Morgan fingerprint density at radius 1 is 1.19 bits per heavy atom. The second-order valence-electron chi connectivity index (χ2n) is 4.04. The van der Waals surface area contributed by atoms with Gasteiger partial charge in [-0.1, -0.05) is 41.9 Å². The molecule has 1 aromatic rings. The summed E-state index contributed by atoms with van der Waals surface area (Å²) in [6.45, 7) is 5.13. The molecule has 1 nitrogen and oxygen atoms in total. The fourth-order valence-corrected chi connectivity index (χ4v) is 1.73. The molecule has 0 heterocycles. The van der Waals surface area contributed by atoms with Crippen LogP contribution in [0, 0.1) is 0 Å². The van der Waals surface area contributed by atoms with Crippen LogP contribution in [0.4, 0.5) is 0 Å². The van der Waals surface area contributed by atoms with Crippen LogP contribution in [0.2, 0.25) is 0 Å². The molecule has 90 valence electrons. The molecule has 0 aromatic heterocycles. The average Bonchev–Trinajstić information content (AvgIpc) is 2.34. The van der Waals surface area contributed by atoms with Gasteiger partial charge in [-0.25, -0.2) is 0 Å². The monoisotopic (exact) mass is 284 g/mol. The van der Waals surface area contributed by atoms with Crippen LogP contribution in [0.3, 0.4) is 0 Å². The Hall–Kier alpha value is -0.500. The Morgan fingerprint density at radius 2 is 1.88 bits per heavy atom. The maximum Gasteiger partial charge on any atom is 0.119 e. The Morgan fingerprint density at radius 3 is 2.44 bits per heavy atom. The molecule has 16 heavy (non-hydrogen) atoms. The SMILES string of the molecule is CCCOc1ccc(CCC(Br)CC)cc1. The highest BCUT2D eigenvalue weighted by atomic mass is 79.9. The van der Waals surface area contributed by atoms with Gasteiger partial charge in [0.05, 0.1) is 6.61 Å². The quantitative estimate of drug-likeness (QED) is 0.666. The second-order valence-corrected chi connectivity index (χ2v) is 5.33. The first kappa shape index (κ1) is 13.6. The lowest BCUT2D eigenvalue weighted by Gasteiger charge is -2.08. The summed E-state index contributed by atoms with van der Waals surface area (Å²) in [5.41, 5.74) is 1.39. The van der Waals surface area contributed by atoms with Crippen LogP contribution < -0.4 is 4.74 Å². The summed E-state index contributed by atoms with van der Waals surface area (Å²) in [6.07, 6.45) is 4.59. The molecule has 0 N–H and O–H groups in total. The third-order valence-electron chi connectivity index (χ3n) is 2.59. The number of benzene rings is 1. The predicted molar refractivity (Wildman–Crippen MR) is 73.6 cm³/mol. The van der Waals surface area contributed by atoms with Gasteiger partial charge in [0.15, 0.2) is 0 Å². The fourth-order valence-electron chi connectivity index (χ4n) is 1.50. The number of aryl methyl sites for hydroxylation is 1. The van der Waals surface area contributed by atoms with Crippen molar-refractivity contribution < 1.29 is 4.74 Å². The Labute approximate surface area is 107 Å². The summed E-state index contributed by atoms with van der Waals surface area (Å²) in [6, 6.07) is 8.47. The van der Waals surface area contributed by atoms with Crippen LogP contribution in [-0.4, -0.2) is 11.4 Å². The lowest BCUT2D eigenvalue weighted by atomic mass is 10.1. The van der Waals surface area contributed by atoms with E-state index in [2.05, 4.69) is 54.0 Å². The summed E-state index contributed by atoms with van der Waals surface area (Å²) in [5, 5.41) is 0. The normalized spacial score (nSPS) is 12.4. The molecule has 0 amide bonds. The minimum Gasteiger partial charge on any atom is -0.494 e. The van der Waals surface area contributed by atoms with E-state index in [1.807, 2.05) is 0 Å². The van der Waals surface area contributed by atoms with Crippen molar-refractivity contribution in [2.45, 2.75) is 44.4 Å². The van der Waals surface area contributed by atoms with Crippen LogP contribution in [0.15, 0.2) is 24.3 Å². The van der Waals surface area contributed by atoms with Crippen LogP contribution in [0.25, 0.3) is 0 Å². The molecule has 0 saturated carbocycles. The van der Waals surface area contributed by atoms with Crippen LogP contribution in [0.5, 0.6) is 5.75 Å². The standard InChI is InChI=1S/C14H21BrO/c1-3-11-16-14-9-6-12(7-10-14)5-8-13(15)4-2/h6-7,9-10,13H,3-5,8,11H2,1-2H3. The van der Waals surface area contributed by atoms with E-state index in [-0.39, 0.29) is 0 Å². The number of alkyl halides is 1. The molecule has 0 radical (unpaired) electrons. The highest BCUT2D eigenvalue weighted by molar-refractivity contribution is 9.09. The number of hydrogen-bond donors (Lipinski definition) is 0. The van der Waals surface area contributed by atoms with Gasteiger partial charge in [0.1, 0.15) is 5.75 Å². The summed E-state index contributed by atoms with van der Waals surface area (Å²) < 4.78 is 5.55. The van der Waals surface area contributed by atoms with Gasteiger partial charge in [-0.2, -0.15) is 0 Å². The molecule has 1 rings (SSSR count). The van der Waals surface area contributed by atoms with Gasteiger partial charge in [-0.3, -0.25) is 0 Å². The van der Waals surface area contributed by atoms with Gasteiger partial charge in [0, 0.05) is 4.83 Å². The zero-order chi connectivity index (χ0) is 11.8. The van der Waals surface area contributed by atoms with Crippen molar-refractivity contribution >= 4 is 15.9 Å². The van der Waals surface area contributed by atoms with Crippen molar-refractivity contribution in [3.63, 3.8) is 0 Å². The van der Waals surface area contributed by atoms with E-state index >= 15 is 0 Å². The van der Waals surface area contributed by atoms with E-state index in [1.54, 1.807) is 0 Å². The van der Waals surface area contributed by atoms with Crippen molar-refractivity contribution in [3.8, 4) is 5.75 Å². The van der Waals surface area contributed by atoms with Crippen molar-refractivity contribution in [2.24, 2.45) is 0 Å². The van der Waals surface area contributed by atoms with E-state index in [1.165, 1.54) is 18.4 Å². The minimum absolute atomic E-state index is 0.642. The van der Waals surface area contributed by atoms with Gasteiger partial charge >= 0.3 is 0 Å². The first-order valence-corrected chi connectivity index (χ1v) is 7.03. The van der Waals surface area contributed by atoms with Crippen LogP contribution in [-0.2, 0) is 6.42 Å². The molecule has 1 unspecified atom stereocenters. The van der Waals surface area contributed by atoms with Crippen molar-refractivity contribution in [3.05, 3.63) is 29.8 Å². The molecule has 0 saturated heterocycles. The van der Waals surface area contributed by atoms with Crippen molar-refractivity contribution in [1.29, 1.82) is 0 Å². The summed E-state index contributed by atoms with van der Waals surface area (Å²) in [7, 11) is 0. The summed E-state index contributed by atoms with van der Waals surface area (Å²) in [5.74, 6) is 0.983. The topological polar surface area (TPSA) is 9.23 Å². The van der Waals surface area contributed by atoms with Crippen molar-refractivity contribution in [2.75, 3.05) is 6.61 Å². The third kappa shape index (κ3) is 5.02. The summed E-state index contributed by atoms with van der Waals surface area (Å²) >= 11 is 3.66. The number of rotatable bonds is 7. The molecule has 0 aliphatic carbocycles. The highest BCUT2D eigenvalue weighted by Gasteiger charge is 2.01. The fraction of sp³-hybridized carbons (Fsp3) is 0.571. The maximum atomic E-state index is 5.55. The third-order valence-corrected chi connectivity index (χ3v) is 3.69. The largest absolute Gasteiger partial charge is 0.494 e. The van der Waals surface area contributed by atoms with Gasteiger partial charge in [0.2, 0.25) is 0 Å². The molecule has 0 spiro atoms. The van der Waals surface area contributed by atoms with Crippen LogP contribution >= 0.6 is 15.9 Å². The Bertz CT molecular complexity index is 281. The smallest absolute Gasteiger partial charge is 0.119 e. The molecule has 0 aliphatic rings. The zero-order valence-corrected chi connectivity index (χ0v) is 11.8. The lowest BCUT2D eigenvalue weighted by Crippen LogP contribution is -1.98. The van der Waals surface area contributed by atoms with E-state index in [9.17, 15) is 0 Å². The molecule has 0 aliphatic heterocycles. The minimum atomic E-state index is 0.642. The zero-order valence-electron chi connectivity index (χ0n) is 10.2. The van der Waals surface area contributed by atoms with E-state index in [4.69, 9.17) is 4.74 Å². The Kier molecular flexibility index (Phi) is 6.55. The van der Waals surface area contributed by atoms with Gasteiger partial charge in [-0.15, -0.1) is 0 Å². The molecule has 1 aromatic carbocycles. The molecule has 2 heteroatoms. The van der Waals surface area contributed by atoms with Gasteiger partial charge in [0.25, 0.3) is 0 Å². The lowest BCUT2D eigenvalue weighted by molar-refractivity contribution is 0.317. The van der Waals surface area contributed by atoms with E-state index in [0.29, 0.717) is 4.83 Å². The molecular formula is C14H21BrO. The predicted octanol–water partition coefficient (Wildman–Crippen LogP) is 4.58. The summed E-state index contributed by atoms with van der Waals surface area (Å²) in [4.78, 5) is 0.642.